The molecule has 0 saturated carbocycles. The van der Waals surface area contributed by atoms with Crippen LogP contribution in [-0.2, 0) is 18.3 Å². The number of nitrogens with zero attached hydrogens (tertiary/aromatic N) is 5. The van der Waals surface area contributed by atoms with E-state index in [-0.39, 0.29) is 0 Å². The molecule has 34 heavy (non-hydrogen) atoms. The van der Waals surface area contributed by atoms with Gasteiger partial charge in [0, 0.05) is 19.3 Å². The molecule has 3 heterocycles. The zero-order chi connectivity index (χ0) is 24.2. The van der Waals surface area contributed by atoms with E-state index in [9.17, 15) is 4.79 Å². The van der Waals surface area contributed by atoms with Crippen LogP contribution in [0.15, 0.2) is 42.6 Å². The topological polar surface area (TPSA) is 110 Å². The number of methoxy groups -OCH3 is 1. The van der Waals surface area contributed by atoms with Crippen molar-refractivity contribution in [2.75, 3.05) is 19.5 Å². The summed E-state index contributed by atoms with van der Waals surface area (Å²) in [6.07, 6.45) is 3.54. The maximum Gasteiger partial charge on any atom is 0.337 e. The number of rotatable bonds is 9. The van der Waals surface area contributed by atoms with E-state index in [0.29, 0.717) is 41.3 Å². The second kappa shape index (κ2) is 9.94. The molecule has 3 aromatic heterocycles. The average Bonchev–Trinajstić information content (AvgIpc) is 3.34. The van der Waals surface area contributed by atoms with E-state index in [1.807, 2.05) is 38.2 Å². The minimum atomic E-state index is -0.404. The number of carbonyl (C=O) groups excluding carboxylic acids is 1. The van der Waals surface area contributed by atoms with E-state index in [1.54, 1.807) is 23.0 Å². The third-order valence-electron chi connectivity index (χ3n) is 5.79. The number of fused-ring (bicyclic) bond motifs is 1. The number of para-hydroxylation sites is 2. The molecule has 9 heteroatoms. The molecule has 1 unspecified atom stereocenters. The minimum Gasteiger partial charge on any atom is -0.477 e. The molecule has 178 valence electrons. The summed E-state index contributed by atoms with van der Waals surface area (Å²) < 4.78 is 14.7. The number of nitrogens with two attached hydrogens (primary N) is 1. The van der Waals surface area contributed by atoms with Crippen molar-refractivity contribution in [1.82, 2.24) is 24.3 Å². The molecule has 0 saturated heterocycles. The van der Waals surface area contributed by atoms with Crippen molar-refractivity contribution < 1.29 is 14.3 Å². The molecule has 0 amide bonds. The molecule has 4 aromatic rings. The smallest absolute Gasteiger partial charge is 0.337 e. The first-order valence-electron chi connectivity index (χ1n) is 11.3. The Bertz CT molecular complexity index is 1310. The highest BCUT2D eigenvalue weighted by atomic mass is 16.5. The van der Waals surface area contributed by atoms with Crippen LogP contribution in [0.25, 0.3) is 22.3 Å². The molecule has 1 atom stereocenters. The Morgan fingerprint density at radius 2 is 2.00 bits per heavy atom. The fourth-order valence-electron chi connectivity index (χ4n) is 4.11. The fraction of sp³-hybridized carbons (Fsp3) is 0.360. The minimum absolute atomic E-state index is 0.399. The van der Waals surface area contributed by atoms with E-state index in [4.69, 9.17) is 15.2 Å². The SMILES string of the molecule is COC(=O)c1cc(C)nc(-c2cnn(C)c2OCCCC(C)Cn2c(N)nc3ccccc32)c1. The number of nitrogen functional groups attached to an aromatic ring is 1. The lowest BCUT2D eigenvalue weighted by Crippen LogP contribution is -2.12. The van der Waals surface area contributed by atoms with E-state index in [0.717, 1.165) is 36.0 Å². The van der Waals surface area contributed by atoms with Gasteiger partial charge >= 0.3 is 5.97 Å². The second-order valence-electron chi connectivity index (χ2n) is 8.53. The van der Waals surface area contributed by atoms with Crippen molar-refractivity contribution in [1.29, 1.82) is 0 Å². The first kappa shape index (κ1) is 23.3. The van der Waals surface area contributed by atoms with Crippen LogP contribution in [0.3, 0.4) is 0 Å². The van der Waals surface area contributed by atoms with Crippen LogP contribution >= 0.6 is 0 Å². The van der Waals surface area contributed by atoms with Gasteiger partial charge in [-0.25, -0.2) is 14.5 Å². The lowest BCUT2D eigenvalue weighted by Gasteiger charge is -2.15. The van der Waals surface area contributed by atoms with Crippen LogP contribution in [0.4, 0.5) is 5.95 Å². The number of aromatic nitrogens is 5. The Balaban J connectivity index is 1.39. The van der Waals surface area contributed by atoms with Crippen molar-refractivity contribution in [3.05, 3.63) is 53.9 Å². The Labute approximate surface area is 198 Å². The van der Waals surface area contributed by atoms with Crippen molar-refractivity contribution >= 4 is 23.0 Å². The molecule has 0 aliphatic heterocycles. The van der Waals surface area contributed by atoms with Gasteiger partial charge in [-0.1, -0.05) is 19.1 Å². The van der Waals surface area contributed by atoms with Crippen molar-refractivity contribution in [3.8, 4) is 17.1 Å². The van der Waals surface area contributed by atoms with E-state index < -0.39 is 5.97 Å². The second-order valence-corrected chi connectivity index (χ2v) is 8.53. The van der Waals surface area contributed by atoms with Gasteiger partial charge in [0.05, 0.1) is 47.8 Å². The molecule has 0 fully saturated rings. The number of hydrogen-bond acceptors (Lipinski definition) is 7. The van der Waals surface area contributed by atoms with Gasteiger partial charge in [0.15, 0.2) is 0 Å². The summed E-state index contributed by atoms with van der Waals surface area (Å²) in [5.74, 6) is 1.15. The molecule has 1 aromatic carbocycles. The van der Waals surface area contributed by atoms with E-state index >= 15 is 0 Å². The summed E-state index contributed by atoms with van der Waals surface area (Å²) in [6.45, 7) is 5.37. The lowest BCUT2D eigenvalue weighted by atomic mass is 10.1. The Hall–Kier alpha value is -3.88. The first-order chi connectivity index (χ1) is 16.4. The summed E-state index contributed by atoms with van der Waals surface area (Å²) in [7, 11) is 3.19. The van der Waals surface area contributed by atoms with Gasteiger partial charge in [0.2, 0.25) is 11.8 Å². The van der Waals surface area contributed by atoms with Gasteiger partial charge in [-0.3, -0.25) is 4.98 Å². The van der Waals surface area contributed by atoms with Crippen LogP contribution in [0, 0.1) is 12.8 Å². The number of aryl methyl sites for hydroxylation is 2. The van der Waals surface area contributed by atoms with Gasteiger partial charge in [-0.2, -0.15) is 5.10 Å². The van der Waals surface area contributed by atoms with Gasteiger partial charge in [-0.15, -0.1) is 0 Å². The summed E-state index contributed by atoms with van der Waals surface area (Å²) in [6, 6.07) is 11.4. The highest BCUT2D eigenvalue weighted by Gasteiger charge is 2.17. The Kier molecular flexibility index (Phi) is 6.81. The highest BCUT2D eigenvalue weighted by molar-refractivity contribution is 5.90. The number of carbonyl (C=O) groups is 1. The van der Waals surface area contributed by atoms with Gasteiger partial charge in [-0.05, 0) is 49.9 Å². The molecule has 0 radical (unpaired) electrons. The molecule has 0 spiro atoms. The largest absolute Gasteiger partial charge is 0.477 e. The number of imidazole rings is 1. The first-order valence-corrected chi connectivity index (χ1v) is 11.3. The average molecular weight is 463 g/mol. The maximum atomic E-state index is 12.0. The lowest BCUT2D eigenvalue weighted by molar-refractivity contribution is 0.0600. The number of anilines is 1. The molecule has 0 aliphatic rings. The predicted molar refractivity (Wildman–Crippen MR) is 131 cm³/mol. The molecule has 2 N–H and O–H groups in total. The van der Waals surface area contributed by atoms with Crippen LogP contribution in [0.2, 0.25) is 0 Å². The molecule has 0 bridgehead atoms. The number of esters is 1. The molecule has 0 aliphatic carbocycles. The number of pyridine rings is 1. The summed E-state index contributed by atoms with van der Waals surface area (Å²) in [4.78, 5) is 21.0. The van der Waals surface area contributed by atoms with Crippen LogP contribution in [0.5, 0.6) is 5.88 Å². The number of ether oxygens (including phenoxy) is 2. The van der Waals surface area contributed by atoms with E-state index in [2.05, 4.69) is 26.6 Å². The summed E-state index contributed by atoms with van der Waals surface area (Å²) in [5, 5.41) is 4.33. The van der Waals surface area contributed by atoms with Crippen molar-refractivity contribution in [2.24, 2.45) is 13.0 Å². The zero-order valence-electron chi connectivity index (χ0n) is 20.0. The number of benzene rings is 1. The third-order valence-corrected chi connectivity index (χ3v) is 5.79. The van der Waals surface area contributed by atoms with E-state index in [1.165, 1.54) is 7.11 Å². The quantitative estimate of drug-likeness (QED) is 0.296. The Morgan fingerprint density at radius 1 is 1.21 bits per heavy atom. The van der Waals surface area contributed by atoms with Crippen LogP contribution < -0.4 is 10.5 Å². The molecule has 4 rings (SSSR count). The molecule has 9 nitrogen and oxygen atoms in total. The Morgan fingerprint density at radius 3 is 2.79 bits per heavy atom. The summed E-state index contributed by atoms with van der Waals surface area (Å²) >= 11 is 0. The monoisotopic (exact) mass is 462 g/mol. The maximum absolute atomic E-state index is 12.0. The van der Waals surface area contributed by atoms with Crippen molar-refractivity contribution in [3.63, 3.8) is 0 Å². The zero-order valence-corrected chi connectivity index (χ0v) is 20.0. The molecular formula is C25H30N6O3. The van der Waals surface area contributed by atoms with Gasteiger partial charge in [0.1, 0.15) is 0 Å². The normalized spacial score (nSPS) is 12.1. The number of hydrogen-bond donors (Lipinski definition) is 1. The summed E-state index contributed by atoms with van der Waals surface area (Å²) in [5.41, 5.74) is 10.6. The fourth-order valence-corrected chi connectivity index (χ4v) is 4.11. The third kappa shape index (κ3) is 4.88. The van der Waals surface area contributed by atoms with Gasteiger partial charge in [0.25, 0.3) is 0 Å². The molecular weight excluding hydrogens is 432 g/mol. The van der Waals surface area contributed by atoms with Gasteiger partial charge < -0.3 is 19.8 Å². The standard InChI is InChI=1S/C25H30N6O3/c1-16(15-31-22-10-6-5-9-20(22)29-25(31)26)8-7-11-34-23-19(14-27-30(23)3)21-13-18(24(32)33-4)12-17(2)28-21/h5-6,9-10,12-14,16H,7-8,11,15H2,1-4H3,(H2,26,29). The van der Waals surface area contributed by atoms with Crippen LogP contribution in [0.1, 0.15) is 35.8 Å². The predicted octanol–water partition coefficient (Wildman–Crippen LogP) is 4.00. The van der Waals surface area contributed by atoms with Crippen LogP contribution in [-0.4, -0.2) is 44.0 Å². The van der Waals surface area contributed by atoms with Crippen molar-refractivity contribution in [2.45, 2.75) is 33.2 Å². The highest BCUT2D eigenvalue weighted by Crippen LogP contribution is 2.29.